The van der Waals surface area contributed by atoms with Crippen molar-refractivity contribution in [2.24, 2.45) is 0 Å². The van der Waals surface area contributed by atoms with Crippen LogP contribution < -0.4 is 0 Å². The number of rotatable bonds is 5. The largest absolute Gasteiger partial charge is 0.369 e. The molecule has 0 aliphatic rings. The van der Waals surface area contributed by atoms with Gasteiger partial charge in [0.25, 0.3) is 5.69 Å². The first-order valence-corrected chi connectivity index (χ1v) is 6.55. The maximum atomic E-state index is 10.8. The number of ether oxygens (including phenoxy) is 1. The van der Waals surface area contributed by atoms with Gasteiger partial charge in [-0.2, -0.15) is 0 Å². The lowest BCUT2D eigenvalue weighted by Gasteiger charge is -2.13. The SMILES string of the molecule is CC(OCc1ccc(Cl)c([N+](=O)[O-])c1)c1ccccc1. The van der Waals surface area contributed by atoms with Gasteiger partial charge in [0.1, 0.15) is 5.02 Å². The Labute approximate surface area is 122 Å². The first-order chi connectivity index (χ1) is 9.58. The minimum atomic E-state index is -0.494. The predicted octanol–water partition coefficient (Wildman–Crippen LogP) is 4.53. The van der Waals surface area contributed by atoms with Crippen molar-refractivity contribution in [1.82, 2.24) is 0 Å². The zero-order valence-corrected chi connectivity index (χ0v) is 11.7. The maximum Gasteiger partial charge on any atom is 0.288 e. The zero-order valence-electron chi connectivity index (χ0n) is 11.0. The Morgan fingerprint density at radius 3 is 2.60 bits per heavy atom. The molecule has 1 atom stereocenters. The van der Waals surface area contributed by atoms with Gasteiger partial charge in [0.2, 0.25) is 0 Å². The molecule has 0 saturated heterocycles. The summed E-state index contributed by atoms with van der Waals surface area (Å²) in [4.78, 5) is 10.3. The van der Waals surface area contributed by atoms with Crippen molar-refractivity contribution in [2.45, 2.75) is 19.6 Å². The van der Waals surface area contributed by atoms with E-state index in [4.69, 9.17) is 16.3 Å². The molecule has 2 rings (SSSR count). The van der Waals surface area contributed by atoms with Gasteiger partial charge in [-0.15, -0.1) is 0 Å². The van der Waals surface area contributed by atoms with Crippen molar-refractivity contribution in [1.29, 1.82) is 0 Å². The van der Waals surface area contributed by atoms with E-state index in [9.17, 15) is 10.1 Å². The number of nitrogens with zero attached hydrogens (tertiary/aromatic N) is 1. The third-order valence-corrected chi connectivity index (χ3v) is 3.30. The van der Waals surface area contributed by atoms with Crippen LogP contribution in [0.5, 0.6) is 0 Å². The highest BCUT2D eigenvalue weighted by atomic mass is 35.5. The summed E-state index contributed by atoms with van der Waals surface area (Å²) in [7, 11) is 0. The molecule has 0 aliphatic carbocycles. The molecule has 0 amide bonds. The highest BCUT2D eigenvalue weighted by molar-refractivity contribution is 6.32. The van der Waals surface area contributed by atoms with Gasteiger partial charge < -0.3 is 4.74 Å². The Bertz CT molecular complexity index is 601. The van der Waals surface area contributed by atoms with Crippen molar-refractivity contribution in [3.05, 3.63) is 74.8 Å². The van der Waals surface area contributed by atoms with Gasteiger partial charge in [-0.3, -0.25) is 10.1 Å². The number of nitro benzene ring substituents is 1. The normalized spacial score (nSPS) is 12.1. The molecular weight excluding hydrogens is 278 g/mol. The minimum Gasteiger partial charge on any atom is -0.369 e. The topological polar surface area (TPSA) is 52.4 Å². The summed E-state index contributed by atoms with van der Waals surface area (Å²) in [6.07, 6.45) is -0.0778. The van der Waals surface area contributed by atoms with Crippen LogP contribution in [0.4, 0.5) is 5.69 Å². The van der Waals surface area contributed by atoms with E-state index in [1.54, 1.807) is 6.07 Å². The molecular formula is C15H14ClNO3. The third kappa shape index (κ3) is 3.56. The maximum absolute atomic E-state index is 10.8. The molecule has 4 nitrogen and oxygen atoms in total. The third-order valence-electron chi connectivity index (χ3n) is 2.98. The van der Waals surface area contributed by atoms with E-state index >= 15 is 0 Å². The lowest BCUT2D eigenvalue weighted by molar-refractivity contribution is -0.384. The molecule has 0 N–H and O–H groups in total. The second kappa shape index (κ2) is 6.50. The molecule has 1 unspecified atom stereocenters. The number of hydrogen-bond acceptors (Lipinski definition) is 3. The molecule has 5 heteroatoms. The molecule has 20 heavy (non-hydrogen) atoms. The lowest BCUT2D eigenvalue weighted by atomic mass is 10.1. The van der Waals surface area contributed by atoms with E-state index < -0.39 is 4.92 Å². The smallest absolute Gasteiger partial charge is 0.288 e. The molecule has 0 fully saturated rings. The van der Waals surface area contributed by atoms with Gasteiger partial charge in [0.15, 0.2) is 0 Å². The molecule has 0 bridgehead atoms. The van der Waals surface area contributed by atoms with Gasteiger partial charge in [0.05, 0.1) is 17.6 Å². The van der Waals surface area contributed by atoms with E-state index in [-0.39, 0.29) is 16.8 Å². The molecule has 2 aromatic carbocycles. The predicted molar refractivity (Wildman–Crippen MR) is 77.8 cm³/mol. The van der Waals surface area contributed by atoms with Gasteiger partial charge in [0, 0.05) is 6.07 Å². The van der Waals surface area contributed by atoms with Gasteiger partial charge in [-0.25, -0.2) is 0 Å². The lowest BCUT2D eigenvalue weighted by Crippen LogP contribution is -2.01. The van der Waals surface area contributed by atoms with Crippen LogP contribution in [0.3, 0.4) is 0 Å². The second-order valence-corrected chi connectivity index (χ2v) is 4.81. The van der Waals surface area contributed by atoms with Crippen LogP contribution in [0.2, 0.25) is 5.02 Å². The summed E-state index contributed by atoms with van der Waals surface area (Å²) in [5.41, 5.74) is 1.69. The molecule has 0 aromatic heterocycles. The van der Waals surface area contributed by atoms with Crippen molar-refractivity contribution in [3.63, 3.8) is 0 Å². The highest BCUT2D eigenvalue weighted by Gasteiger charge is 2.13. The number of benzene rings is 2. The average molecular weight is 292 g/mol. The van der Waals surface area contributed by atoms with Crippen LogP contribution in [0.25, 0.3) is 0 Å². The van der Waals surface area contributed by atoms with Crippen LogP contribution in [0.1, 0.15) is 24.2 Å². The number of nitro groups is 1. The Hall–Kier alpha value is -1.91. The fraction of sp³-hybridized carbons (Fsp3) is 0.200. The van der Waals surface area contributed by atoms with Crippen LogP contribution in [-0.4, -0.2) is 4.92 Å². The summed E-state index contributed by atoms with van der Waals surface area (Å²) in [6.45, 7) is 2.24. The molecule has 104 valence electrons. The van der Waals surface area contributed by atoms with E-state index in [2.05, 4.69) is 0 Å². The monoisotopic (exact) mass is 291 g/mol. The van der Waals surface area contributed by atoms with Crippen LogP contribution in [0, 0.1) is 10.1 Å². The van der Waals surface area contributed by atoms with Crippen LogP contribution in [-0.2, 0) is 11.3 Å². The van der Waals surface area contributed by atoms with Crippen molar-refractivity contribution in [3.8, 4) is 0 Å². The molecule has 0 heterocycles. The second-order valence-electron chi connectivity index (χ2n) is 4.41. The first-order valence-electron chi connectivity index (χ1n) is 6.17. The van der Waals surface area contributed by atoms with Gasteiger partial charge >= 0.3 is 0 Å². The fourth-order valence-corrected chi connectivity index (χ4v) is 2.02. The molecule has 2 aromatic rings. The van der Waals surface area contributed by atoms with E-state index in [0.717, 1.165) is 11.1 Å². The van der Waals surface area contributed by atoms with Crippen molar-refractivity contribution >= 4 is 17.3 Å². The minimum absolute atomic E-state index is 0.0778. The van der Waals surface area contributed by atoms with Crippen molar-refractivity contribution in [2.75, 3.05) is 0 Å². The van der Waals surface area contributed by atoms with Crippen LogP contribution in [0.15, 0.2) is 48.5 Å². The quantitative estimate of drug-likeness (QED) is 0.601. The molecule has 0 spiro atoms. The highest BCUT2D eigenvalue weighted by Crippen LogP contribution is 2.26. The summed E-state index contributed by atoms with van der Waals surface area (Å²) >= 11 is 5.77. The Balaban J connectivity index is 2.04. The summed E-state index contributed by atoms with van der Waals surface area (Å²) in [5, 5.41) is 10.9. The Morgan fingerprint density at radius 1 is 1.25 bits per heavy atom. The Kier molecular flexibility index (Phi) is 4.71. The van der Waals surface area contributed by atoms with Crippen molar-refractivity contribution < 1.29 is 9.66 Å². The number of hydrogen-bond donors (Lipinski definition) is 0. The molecule has 0 aliphatic heterocycles. The fourth-order valence-electron chi connectivity index (χ4n) is 1.83. The summed E-state index contributed by atoms with van der Waals surface area (Å²) in [5.74, 6) is 0. The van der Waals surface area contributed by atoms with E-state index in [1.807, 2.05) is 37.3 Å². The standard InChI is InChI=1S/C15H14ClNO3/c1-11(13-5-3-2-4-6-13)20-10-12-7-8-14(16)15(9-12)17(18)19/h2-9,11H,10H2,1H3. The van der Waals surface area contributed by atoms with E-state index in [0.29, 0.717) is 6.61 Å². The first kappa shape index (κ1) is 14.5. The molecule has 0 saturated carbocycles. The Morgan fingerprint density at radius 2 is 1.95 bits per heavy atom. The van der Waals surface area contributed by atoms with Crippen LogP contribution >= 0.6 is 11.6 Å². The van der Waals surface area contributed by atoms with E-state index in [1.165, 1.54) is 12.1 Å². The average Bonchev–Trinajstić information content (AvgIpc) is 2.46. The molecule has 0 radical (unpaired) electrons. The summed E-state index contributed by atoms with van der Waals surface area (Å²) in [6, 6.07) is 14.5. The summed E-state index contributed by atoms with van der Waals surface area (Å²) < 4.78 is 5.72. The zero-order chi connectivity index (χ0) is 14.5. The van der Waals surface area contributed by atoms with Gasteiger partial charge in [-0.1, -0.05) is 48.0 Å². The van der Waals surface area contributed by atoms with Gasteiger partial charge in [-0.05, 0) is 24.1 Å². The number of halogens is 1.